The van der Waals surface area contributed by atoms with Crippen molar-refractivity contribution in [1.29, 1.82) is 0 Å². The predicted octanol–water partition coefficient (Wildman–Crippen LogP) is 0.120. The molecule has 1 amide bonds. The molecule has 0 aromatic carbocycles. The summed E-state index contributed by atoms with van der Waals surface area (Å²) < 4.78 is 1.75. The molecular weight excluding hydrogens is 256 g/mol. The fraction of sp³-hybridized carbons (Fsp3) is 0.600. The van der Waals surface area contributed by atoms with E-state index in [2.05, 4.69) is 15.4 Å². The molecule has 1 heterocycles. The highest BCUT2D eigenvalue weighted by Crippen LogP contribution is 2.11. The Hall–Kier alpha value is -1.57. The number of thioether (sulfide) groups is 1. The number of carboxylic acids is 1. The van der Waals surface area contributed by atoms with E-state index in [9.17, 15) is 9.59 Å². The van der Waals surface area contributed by atoms with Gasteiger partial charge in [-0.05, 0) is 6.92 Å². The van der Waals surface area contributed by atoms with Gasteiger partial charge in [0.15, 0.2) is 0 Å². The van der Waals surface area contributed by atoms with E-state index < -0.39 is 12.0 Å². The summed E-state index contributed by atoms with van der Waals surface area (Å²) in [7, 11) is 0. The monoisotopic (exact) mass is 272 g/mol. The molecule has 2 N–H and O–H groups in total. The van der Waals surface area contributed by atoms with E-state index >= 15 is 0 Å². The van der Waals surface area contributed by atoms with E-state index in [0.29, 0.717) is 11.5 Å². The lowest BCUT2D eigenvalue weighted by atomic mass is 10.3. The minimum absolute atomic E-state index is 0.297. The van der Waals surface area contributed by atoms with Crippen LogP contribution in [0.2, 0.25) is 0 Å². The zero-order chi connectivity index (χ0) is 13.5. The quantitative estimate of drug-likeness (QED) is 0.731. The van der Waals surface area contributed by atoms with E-state index in [1.807, 2.05) is 6.92 Å². The summed E-state index contributed by atoms with van der Waals surface area (Å²) in [6.45, 7) is 3.98. The van der Waals surface area contributed by atoms with Gasteiger partial charge in [-0.2, -0.15) is 16.9 Å². The third kappa shape index (κ3) is 4.36. The van der Waals surface area contributed by atoms with Crippen LogP contribution in [0, 0.1) is 0 Å². The van der Waals surface area contributed by atoms with Crippen LogP contribution in [0.3, 0.4) is 0 Å². The normalized spacial score (nSPS) is 12.1. The molecule has 0 saturated carbocycles. The summed E-state index contributed by atoms with van der Waals surface area (Å²) in [6.07, 6.45) is 1.47. The van der Waals surface area contributed by atoms with Crippen LogP contribution in [0.1, 0.15) is 19.7 Å². The van der Waals surface area contributed by atoms with Crippen LogP contribution in [0.25, 0.3) is 0 Å². The Morgan fingerprint density at radius 1 is 1.61 bits per heavy atom. The summed E-state index contributed by atoms with van der Waals surface area (Å²) >= 11 is 1.40. The Balaban J connectivity index is 2.43. The average Bonchev–Trinajstić information content (AvgIpc) is 2.74. The second-order valence-corrected chi connectivity index (χ2v) is 4.63. The van der Waals surface area contributed by atoms with Gasteiger partial charge in [-0.15, -0.1) is 0 Å². The van der Waals surface area contributed by atoms with Gasteiger partial charge in [-0.25, -0.2) is 14.5 Å². The minimum atomic E-state index is -1.03. The molecule has 1 rings (SSSR count). The van der Waals surface area contributed by atoms with Crippen molar-refractivity contribution in [2.24, 2.45) is 0 Å². The van der Waals surface area contributed by atoms with Gasteiger partial charge >= 0.3 is 5.97 Å². The number of hydrogen-bond acceptors (Lipinski definition) is 5. The smallest absolute Gasteiger partial charge is 0.327 e. The molecule has 7 nitrogen and oxygen atoms in total. The first-order chi connectivity index (χ1) is 8.54. The van der Waals surface area contributed by atoms with Crippen LogP contribution < -0.4 is 5.32 Å². The maximum absolute atomic E-state index is 10.9. The van der Waals surface area contributed by atoms with Crippen molar-refractivity contribution in [1.82, 2.24) is 20.1 Å². The van der Waals surface area contributed by atoms with Crippen molar-refractivity contribution in [3.63, 3.8) is 0 Å². The van der Waals surface area contributed by atoms with Crippen LogP contribution in [0.5, 0.6) is 0 Å². The van der Waals surface area contributed by atoms with E-state index in [1.54, 1.807) is 4.68 Å². The molecule has 0 aliphatic rings. The second-order valence-electron chi connectivity index (χ2n) is 3.60. The number of rotatable bonds is 7. The van der Waals surface area contributed by atoms with E-state index in [0.717, 1.165) is 12.4 Å². The first-order valence-corrected chi connectivity index (χ1v) is 6.64. The SMILES string of the molecule is CCn1ncnc1CSC[C@H](NC(C)=O)C(=O)O. The Kier molecular flexibility index (Phi) is 5.63. The highest BCUT2D eigenvalue weighted by atomic mass is 32.2. The number of amides is 1. The minimum Gasteiger partial charge on any atom is -0.480 e. The van der Waals surface area contributed by atoms with Crippen molar-refractivity contribution in [3.05, 3.63) is 12.2 Å². The number of aromatic nitrogens is 3. The molecule has 0 radical (unpaired) electrons. The second kappa shape index (κ2) is 7.00. The van der Waals surface area contributed by atoms with Gasteiger partial charge in [-0.1, -0.05) is 0 Å². The number of nitrogens with zero attached hydrogens (tertiary/aromatic N) is 3. The highest BCUT2D eigenvalue weighted by Gasteiger charge is 2.18. The Labute approximate surface area is 109 Å². The standard InChI is InChI=1S/C10H16N4O3S/c1-3-14-9(11-6-12-14)5-18-4-8(10(16)17)13-7(2)15/h6,8H,3-5H2,1-2H3,(H,13,15)(H,16,17)/t8-/m0/s1. The van der Waals surface area contributed by atoms with Gasteiger partial charge in [0.1, 0.15) is 18.2 Å². The van der Waals surface area contributed by atoms with Gasteiger partial charge in [-0.3, -0.25) is 4.79 Å². The maximum atomic E-state index is 10.9. The summed E-state index contributed by atoms with van der Waals surface area (Å²) in [5, 5.41) is 15.3. The average molecular weight is 272 g/mol. The van der Waals surface area contributed by atoms with Crippen molar-refractivity contribution in [3.8, 4) is 0 Å². The van der Waals surface area contributed by atoms with E-state index in [-0.39, 0.29) is 5.91 Å². The largest absolute Gasteiger partial charge is 0.480 e. The van der Waals surface area contributed by atoms with Crippen molar-refractivity contribution in [2.45, 2.75) is 32.2 Å². The predicted molar refractivity (Wildman–Crippen MR) is 67.1 cm³/mol. The topological polar surface area (TPSA) is 97.1 Å². The fourth-order valence-electron chi connectivity index (χ4n) is 1.35. The van der Waals surface area contributed by atoms with Gasteiger partial charge in [0.25, 0.3) is 0 Å². The molecule has 0 fully saturated rings. The molecule has 18 heavy (non-hydrogen) atoms. The number of carboxylic acid groups (broad SMARTS) is 1. The lowest BCUT2D eigenvalue weighted by molar-refractivity contribution is -0.140. The van der Waals surface area contributed by atoms with Crippen molar-refractivity contribution < 1.29 is 14.7 Å². The van der Waals surface area contributed by atoms with E-state index in [1.165, 1.54) is 25.0 Å². The Morgan fingerprint density at radius 2 is 2.33 bits per heavy atom. The third-order valence-corrected chi connectivity index (χ3v) is 3.22. The molecule has 100 valence electrons. The molecule has 0 aliphatic heterocycles. The number of aliphatic carboxylic acids is 1. The van der Waals surface area contributed by atoms with Gasteiger partial charge in [0.2, 0.25) is 5.91 Å². The summed E-state index contributed by atoms with van der Waals surface area (Å²) in [5.41, 5.74) is 0. The zero-order valence-corrected chi connectivity index (χ0v) is 11.1. The van der Waals surface area contributed by atoms with Crippen molar-refractivity contribution in [2.75, 3.05) is 5.75 Å². The molecule has 8 heteroatoms. The maximum Gasteiger partial charge on any atom is 0.327 e. The molecule has 0 unspecified atom stereocenters. The molecule has 1 atom stereocenters. The van der Waals surface area contributed by atoms with Crippen LogP contribution in [0.4, 0.5) is 0 Å². The number of carbonyl (C=O) groups is 2. The fourth-order valence-corrected chi connectivity index (χ4v) is 2.34. The Morgan fingerprint density at radius 3 is 2.89 bits per heavy atom. The molecule has 1 aromatic rings. The third-order valence-electron chi connectivity index (χ3n) is 2.19. The Bertz CT molecular complexity index is 421. The number of carbonyl (C=O) groups excluding carboxylic acids is 1. The molecule has 0 aliphatic carbocycles. The van der Waals surface area contributed by atoms with Crippen LogP contribution >= 0.6 is 11.8 Å². The molecule has 1 aromatic heterocycles. The number of hydrogen-bond donors (Lipinski definition) is 2. The van der Waals surface area contributed by atoms with Crippen molar-refractivity contribution >= 4 is 23.6 Å². The number of aryl methyl sites for hydroxylation is 1. The summed E-state index contributed by atoms with van der Waals surface area (Å²) in [5.74, 6) is 0.284. The summed E-state index contributed by atoms with van der Waals surface area (Å²) in [6, 6.07) is -0.870. The van der Waals surface area contributed by atoms with E-state index in [4.69, 9.17) is 5.11 Å². The first kappa shape index (κ1) is 14.5. The molecule has 0 bridgehead atoms. The zero-order valence-electron chi connectivity index (χ0n) is 10.3. The molecule has 0 spiro atoms. The van der Waals surface area contributed by atoms with Gasteiger partial charge < -0.3 is 10.4 Å². The molecular formula is C10H16N4O3S. The van der Waals surface area contributed by atoms with Crippen LogP contribution in [0.15, 0.2) is 6.33 Å². The molecule has 0 saturated heterocycles. The highest BCUT2D eigenvalue weighted by molar-refractivity contribution is 7.98. The lowest BCUT2D eigenvalue weighted by Gasteiger charge is -2.12. The van der Waals surface area contributed by atoms with Gasteiger partial charge in [0, 0.05) is 19.2 Å². The van der Waals surface area contributed by atoms with Gasteiger partial charge in [0.05, 0.1) is 5.75 Å². The summed E-state index contributed by atoms with van der Waals surface area (Å²) in [4.78, 5) is 25.8. The lowest BCUT2D eigenvalue weighted by Crippen LogP contribution is -2.41. The first-order valence-electron chi connectivity index (χ1n) is 5.49. The van der Waals surface area contributed by atoms with Crippen LogP contribution in [-0.2, 0) is 21.9 Å². The number of nitrogens with one attached hydrogen (secondary N) is 1. The van der Waals surface area contributed by atoms with Crippen LogP contribution in [-0.4, -0.2) is 43.5 Å².